The molecule has 0 N–H and O–H groups in total. The summed E-state index contributed by atoms with van der Waals surface area (Å²) >= 11 is 0. The van der Waals surface area contributed by atoms with Crippen molar-refractivity contribution in [1.82, 2.24) is 9.88 Å². The minimum absolute atomic E-state index is 0.286. The molecule has 28 heavy (non-hydrogen) atoms. The van der Waals surface area contributed by atoms with Gasteiger partial charge in [0.25, 0.3) is 17.4 Å². The molecule has 2 aliphatic heterocycles. The van der Waals surface area contributed by atoms with Crippen LogP contribution < -0.4 is 14.5 Å². The smallest absolute Gasteiger partial charge is 0.281 e. The molecule has 0 saturated carbocycles. The summed E-state index contributed by atoms with van der Waals surface area (Å²) in [7, 11) is 1.58. The van der Waals surface area contributed by atoms with E-state index in [1.807, 2.05) is 4.90 Å². The average Bonchev–Trinajstić information content (AvgIpc) is 2.72. The minimum Gasteiger partial charge on any atom is -0.464 e. The Labute approximate surface area is 162 Å². The van der Waals surface area contributed by atoms with Crippen LogP contribution in [0.25, 0.3) is 0 Å². The summed E-state index contributed by atoms with van der Waals surface area (Å²) < 4.78 is 19.8. The zero-order valence-electron chi connectivity index (χ0n) is 15.8. The first-order valence-corrected chi connectivity index (χ1v) is 9.13. The summed E-state index contributed by atoms with van der Waals surface area (Å²) in [5.74, 6) is -0.356. The SMILES string of the molecule is CN1C(=O)[C@](C)(C(=O)N2CCN(c3ccccc3F)CC2)Oc2cccnc21. The number of ether oxygens (including phenoxy) is 1. The van der Waals surface area contributed by atoms with Gasteiger partial charge in [0.05, 0.1) is 5.69 Å². The number of carbonyl (C=O) groups excluding carboxylic acids is 2. The Morgan fingerprint density at radius 2 is 1.86 bits per heavy atom. The van der Waals surface area contributed by atoms with Gasteiger partial charge in [-0.3, -0.25) is 14.5 Å². The van der Waals surface area contributed by atoms with Gasteiger partial charge in [-0.2, -0.15) is 0 Å². The summed E-state index contributed by atoms with van der Waals surface area (Å²) in [6.45, 7) is 3.20. The Morgan fingerprint density at radius 1 is 1.14 bits per heavy atom. The number of likely N-dealkylation sites (N-methyl/N-ethyl adjacent to an activating group) is 1. The van der Waals surface area contributed by atoms with E-state index < -0.39 is 17.4 Å². The van der Waals surface area contributed by atoms with Gasteiger partial charge in [0.15, 0.2) is 11.6 Å². The van der Waals surface area contributed by atoms with Gasteiger partial charge >= 0.3 is 0 Å². The molecule has 8 heteroatoms. The maximum absolute atomic E-state index is 14.0. The molecule has 0 radical (unpaired) electrons. The lowest BCUT2D eigenvalue weighted by Gasteiger charge is -2.42. The van der Waals surface area contributed by atoms with E-state index in [-0.39, 0.29) is 5.82 Å². The number of aromatic nitrogens is 1. The van der Waals surface area contributed by atoms with Gasteiger partial charge in [-0.15, -0.1) is 0 Å². The van der Waals surface area contributed by atoms with Gasteiger partial charge in [-0.25, -0.2) is 9.37 Å². The average molecular weight is 384 g/mol. The lowest BCUT2D eigenvalue weighted by molar-refractivity contribution is -0.156. The fourth-order valence-electron chi connectivity index (χ4n) is 3.69. The van der Waals surface area contributed by atoms with Crippen molar-refractivity contribution in [3.63, 3.8) is 0 Å². The highest BCUT2D eigenvalue weighted by atomic mass is 19.1. The molecule has 7 nitrogen and oxygen atoms in total. The summed E-state index contributed by atoms with van der Waals surface area (Å²) in [5, 5.41) is 0. The van der Waals surface area contributed by atoms with Crippen LogP contribution in [0, 0.1) is 5.82 Å². The largest absolute Gasteiger partial charge is 0.464 e. The number of rotatable bonds is 2. The summed E-state index contributed by atoms with van der Waals surface area (Å²) in [6, 6.07) is 9.96. The number of hydrogen-bond acceptors (Lipinski definition) is 5. The second kappa shape index (κ2) is 6.78. The Bertz CT molecular complexity index is 929. The summed E-state index contributed by atoms with van der Waals surface area (Å²) in [4.78, 5) is 35.1. The predicted molar refractivity (Wildman–Crippen MR) is 102 cm³/mol. The van der Waals surface area contributed by atoms with Crippen molar-refractivity contribution in [2.75, 3.05) is 43.0 Å². The van der Waals surface area contributed by atoms with Crippen LogP contribution in [0.5, 0.6) is 5.75 Å². The minimum atomic E-state index is -1.65. The first kappa shape index (κ1) is 18.2. The third-order valence-corrected chi connectivity index (χ3v) is 5.26. The molecule has 1 saturated heterocycles. The molecule has 2 amide bonds. The van der Waals surface area contributed by atoms with E-state index in [0.717, 1.165) is 0 Å². The number of carbonyl (C=O) groups is 2. The monoisotopic (exact) mass is 384 g/mol. The lowest BCUT2D eigenvalue weighted by Crippen LogP contribution is -2.64. The van der Waals surface area contributed by atoms with E-state index in [2.05, 4.69) is 4.98 Å². The standard InChI is InChI=1S/C20H21FN4O3/c1-20(18(26)23(2)17-16(28-20)8-5-9-22-17)19(27)25-12-10-24(11-13-25)15-7-4-3-6-14(15)21/h3-9H,10-13H2,1-2H3/t20-/m1/s1. The number of nitrogens with zero attached hydrogens (tertiary/aromatic N) is 4. The van der Waals surface area contributed by atoms with E-state index in [9.17, 15) is 14.0 Å². The fourth-order valence-corrected chi connectivity index (χ4v) is 3.69. The van der Waals surface area contributed by atoms with Gasteiger partial charge in [-0.05, 0) is 31.2 Å². The van der Waals surface area contributed by atoms with Crippen LogP contribution in [0.1, 0.15) is 6.92 Å². The van der Waals surface area contributed by atoms with Crippen LogP contribution in [-0.4, -0.2) is 60.5 Å². The van der Waals surface area contributed by atoms with Crippen LogP contribution in [0.3, 0.4) is 0 Å². The predicted octanol–water partition coefficient (Wildman–Crippen LogP) is 1.68. The highest BCUT2D eigenvalue weighted by molar-refractivity contribution is 6.15. The van der Waals surface area contributed by atoms with Crippen LogP contribution in [0.2, 0.25) is 0 Å². The van der Waals surface area contributed by atoms with Crippen molar-refractivity contribution in [2.45, 2.75) is 12.5 Å². The first-order chi connectivity index (χ1) is 13.4. The molecule has 1 atom stereocenters. The Morgan fingerprint density at radius 3 is 2.57 bits per heavy atom. The first-order valence-electron chi connectivity index (χ1n) is 9.13. The molecule has 0 aliphatic carbocycles. The summed E-state index contributed by atoms with van der Waals surface area (Å²) in [5.41, 5.74) is -1.13. The molecule has 0 spiro atoms. The van der Waals surface area contributed by atoms with E-state index >= 15 is 0 Å². The fraction of sp³-hybridized carbons (Fsp3) is 0.350. The normalized spacial score (nSPS) is 22.0. The van der Waals surface area contributed by atoms with E-state index in [4.69, 9.17) is 4.74 Å². The van der Waals surface area contributed by atoms with Crippen LogP contribution >= 0.6 is 0 Å². The summed E-state index contributed by atoms with van der Waals surface area (Å²) in [6.07, 6.45) is 1.57. The highest BCUT2D eigenvalue weighted by Gasteiger charge is 2.52. The molecule has 1 fully saturated rings. The Balaban J connectivity index is 1.51. The van der Waals surface area contributed by atoms with E-state index in [1.54, 1.807) is 48.5 Å². The Hall–Kier alpha value is -3.16. The Kier molecular flexibility index (Phi) is 4.41. The van der Waals surface area contributed by atoms with Crippen LogP contribution in [0.15, 0.2) is 42.6 Å². The van der Waals surface area contributed by atoms with Crippen molar-refractivity contribution in [3.05, 3.63) is 48.4 Å². The number of anilines is 2. The zero-order chi connectivity index (χ0) is 19.9. The number of pyridine rings is 1. The molecular weight excluding hydrogens is 363 g/mol. The number of fused-ring (bicyclic) bond motifs is 1. The molecular formula is C20H21FN4O3. The molecule has 146 valence electrons. The van der Waals surface area contributed by atoms with Crippen LogP contribution in [0.4, 0.5) is 15.9 Å². The lowest BCUT2D eigenvalue weighted by atomic mass is 10.00. The van der Waals surface area contributed by atoms with Crippen molar-refractivity contribution in [1.29, 1.82) is 0 Å². The maximum atomic E-state index is 14.0. The highest BCUT2D eigenvalue weighted by Crippen LogP contribution is 2.36. The van der Waals surface area contributed by atoms with Crippen molar-refractivity contribution in [3.8, 4) is 5.75 Å². The second-order valence-corrected chi connectivity index (χ2v) is 7.06. The van der Waals surface area contributed by atoms with Gasteiger partial charge in [0.1, 0.15) is 5.82 Å². The third kappa shape index (κ3) is 2.85. The third-order valence-electron chi connectivity index (χ3n) is 5.26. The maximum Gasteiger partial charge on any atom is 0.281 e. The molecule has 2 aliphatic rings. The van der Waals surface area contributed by atoms with E-state index in [1.165, 1.54) is 17.9 Å². The number of para-hydroxylation sites is 1. The van der Waals surface area contributed by atoms with Crippen LogP contribution in [-0.2, 0) is 9.59 Å². The number of piperazine rings is 1. The molecule has 4 rings (SSSR count). The number of hydrogen-bond donors (Lipinski definition) is 0. The molecule has 1 aromatic carbocycles. The zero-order valence-corrected chi connectivity index (χ0v) is 15.8. The molecule has 0 unspecified atom stereocenters. The molecule has 3 heterocycles. The van der Waals surface area contributed by atoms with E-state index in [0.29, 0.717) is 43.4 Å². The molecule has 1 aromatic heterocycles. The quantitative estimate of drug-likeness (QED) is 0.737. The van der Waals surface area contributed by atoms with Crippen molar-refractivity contribution < 1.29 is 18.7 Å². The number of halogens is 1. The van der Waals surface area contributed by atoms with Crippen molar-refractivity contribution >= 4 is 23.3 Å². The second-order valence-electron chi connectivity index (χ2n) is 7.06. The van der Waals surface area contributed by atoms with Gasteiger partial charge in [-0.1, -0.05) is 12.1 Å². The topological polar surface area (TPSA) is 66.0 Å². The number of benzene rings is 1. The van der Waals surface area contributed by atoms with Crippen molar-refractivity contribution in [2.24, 2.45) is 0 Å². The molecule has 0 bridgehead atoms. The molecule has 2 aromatic rings. The van der Waals surface area contributed by atoms with Gasteiger partial charge in [0.2, 0.25) is 0 Å². The van der Waals surface area contributed by atoms with Gasteiger partial charge in [0, 0.05) is 39.4 Å². The number of amides is 2. The van der Waals surface area contributed by atoms with Gasteiger partial charge < -0.3 is 14.5 Å².